The number of rotatable bonds is 2. The van der Waals surface area contributed by atoms with E-state index in [-0.39, 0.29) is 6.71 Å². The highest BCUT2D eigenvalue weighted by Crippen LogP contribution is 2.41. The van der Waals surface area contributed by atoms with Crippen LogP contribution in [-0.4, -0.2) is 15.8 Å². The van der Waals surface area contributed by atoms with Gasteiger partial charge >= 0.3 is 0 Å². The van der Waals surface area contributed by atoms with E-state index in [9.17, 15) is 0 Å². The maximum Gasteiger partial charge on any atom is 0.252 e. The molecular weight excluding hydrogens is 657 g/mol. The van der Waals surface area contributed by atoms with Crippen LogP contribution in [-0.2, 0) is 7.05 Å². The van der Waals surface area contributed by atoms with Gasteiger partial charge in [0.2, 0.25) is 5.69 Å². The largest absolute Gasteiger partial charge is 0.455 e. The molecule has 0 saturated carbocycles. The molecule has 0 spiro atoms. The third kappa shape index (κ3) is 3.43. The molecule has 0 saturated heterocycles. The van der Waals surface area contributed by atoms with Crippen molar-refractivity contribution in [1.29, 1.82) is 0 Å². The lowest BCUT2D eigenvalue weighted by atomic mass is 9.34. The highest BCUT2D eigenvalue weighted by atomic mass is 16.3. The molecule has 6 heterocycles. The van der Waals surface area contributed by atoms with Crippen LogP contribution in [0.4, 0.5) is 0 Å². The van der Waals surface area contributed by atoms with E-state index < -0.39 is 0 Å². The monoisotopic (exact) mass is 688 g/mol. The number of furan rings is 1. The van der Waals surface area contributed by atoms with E-state index in [4.69, 9.17) is 4.42 Å². The van der Waals surface area contributed by atoms with E-state index in [1.165, 1.54) is 88.1 Å². The van der Waals surface area contributed by atoms with E-state index in [0.717, 1.165) is 33.2 Å². The standard InChI is InChI=1S/C49H31BN3O/c1-28-21-23-36-33-13-5-8-20-44(33)54-49(36)45(28)41-24-22-29(27-51(41)2)30-25-42-46-43(26-30)53-40-19-7-4-12-32(40)35-15-10-17-38(48(35)53)50(46)37-16-9-14-34-31-11-3-6-18-39(31)52(42)47(34)37/h3-27H,1-2H3/q+1. The van der Waals surface area contributed by atoms with Crippen LogP contribution in [0, 0.1) is 6.92 Å². The van der Waals surface area contributed by atoms with Crippen molar-refractivity contribution in [3.63, 3.8) is 0 Å². The number of fused-ring (bicyclic) bond motifs is 13. The molecule has 5 heteroatoms. The summed E-state index contributed by atoms with van der Waals surface area (Å²) in [4.78, 5) is 0. The number of aryl methyl sites for hydroxylation is 2. The van der Waals surface area contributed by atoms with Gasteiger partial charge in [-0.15, -0.1) is 0 Å². The van der Waals surface area contributed by atoms with Crippen molar-refractivity contribution in [2.24, 2.45) is 7.05 Å². The fraction of sp³-hybridized carbons (Fsp3) is 0.0408. The van der Waals surface area contributed by atoms with E-state index in [1.54, 1.807) is 0 Å². The van der Waals surface area contributed by atoms with Crippen molar-refractivity contribution < 1.29 is 8.98 Å². The van der Waals surface area contributed by atoms with Crippen LogP contribution >= 0.6 is 0 Å². The third-order valence-electron chi connectivity index (χ3n) is 12.5. The Labute approximate surface area is 310 Å². The second kappa shape index (κ2) is 9.97. The van der Waals surface area contributed by atoms with Gasteiger partial charge in [-0.3, -0.25) is 0 Å². The van der Waals surface area contributed by atoms with Crippen molar-refractivity contribution in [3.05, 3.63) is 157 Å². The second-order valence-corrected chi connectivity index (χ2v) is 15.2. The first-order valence-corrected chi connectivity index (χ1v) is 18.8. The molecule has 250 valence electrons. The molecule has 2 aliphatic heterocycles. The minimum atomic E-state index is 0.121. The summed E-state index contributed by atoms with van der Waals surface area (Å²) in [5.74, 6) is 0. The summed E-state index contributed by atoms with van der Waals surface area (Å²) in [6.07, 6.45) is 2.29. The summed E-state index contributed by atoms with van der Waals surface area (Å²) in [6, 6.07) is 53.9. The number of benzene rings is 7. The van der Waals surface area contributed by atoms with Gasteiger partial charge in [0.15, 0.2) is 6.20 Å². The smallest absolute Gasteiger partial charge is 0.252 e. The van der Waals surface area contributed by atoms with Crippen LogP contribution in [0.25, 0.3) is 99.3 Å². The molecule has 7 aromatic carbocycles. The average molecular weight is 689 g/mol. The highest BCUT2D eigenvalue weighted by molar-refractivity contribution is 7.00. The highest BCUT2D eigenvalue weighted by Gasteiger charge is 2.41. The molecule has 0 N–H and O–H groups in total. The molecule has 0 aliphatic carbocycles. The summed E-state index contributed by atoms with van der Waals surface area (Å²) in [5.41, 5.74) is 19.4. The quantitative estimate of drug-likeness (QED) is 0.131. The first-order valence-electron chi connectivity index (χ1n) is 18.8. The predicted octanol–water partition coefficient (Wildman–Crippen LogP) is 9.39. The fourth-order valence-electron chi connectivity index (χ4n) is 10.2. The van der Waals surface area contributed by atoms with Gasteiger partial charge in [0.25, 0.3) is 6.71 Å². The number of hydrogen-bond donors (Lipinski definition) is 0. The average Bonchev–Trinajstić information content (AvgIpc) is 3.87. The third-order valence-corrected chi connectivity index (χ3v) is 12.5. The molecule has 54 heavy (non-hydrogen) atoms. The molecule has 0 bridgehead atoms. The lowest BCUT2D eigenvalue weighted by molar-refractivity contribution is -0.659. The first kappa shape index (κ1) is 28.7. The van der Waals surface area contributed by atoms with Crippen LogP contribution in [0.15, 0.2) is 156 Å². The number of pyridine rings is 1. The number of nitrogens with zero attached hydrogens (tertiary/aromatic N) is 3. The number of para-hydroxylation sites is 5. The predicted molar refractivity (Wildman–Crippen MR) is 224 cm³/mol. The van der Waals surface area contributed by atoms with Gasteiger partial charge in [-0.1, -0.05) is 103 Å². The summed E-state index contributed by atoms with van der Waals surface area (Å²) in [5, 5.41) is 7.50. The number of aromatic nitrogens is 3. The summed E-state index contributed by atoms with van der Waals surface area (Å²) in [6.45, 7) is 2.30. The lowest BCUT2D eigenvalue weighted by Gasteiger charge is -2.34. The lowest BCUT2D eigenvalue weighted by Crippen LogP contribution is -2.59. The Morgan fingerprint density at radius 2 is 1.13 bits per heavy atom. The molecule has 13 rings (SSSR count). The minimum absolute atomic E-state index is 0.121. The summed E-state index contributed by atoms with van der Waals surface area (Å²) >= 11 is 0. The van der Waals surface area contributed by atoms with Gasteiger partial charge in [-0.05, 0) is 70.8 Å². The Morgan fingerprint density at radius 1 is 0.537 bits per heavy atom. The number of hydrogen-bond acceptors (Lipinski definition) is 1. The van der Waals surface area contributed by atoms with E-state index >= 15 is 0 Å². The Kier molecular flexibility index (Phi) is 5.30. The van der Waals surface area contributed by atoms with Gasteiger partial charge in [0, 0.05) is 66.4 Å². The Balaban J connectivity index is 1.12. The van der Waals surface area contributed by atoms with Crippen LogP contribution in [0.5, 0.6) is 0 Å². The van der Waals surface area contributed by atoms with Crippen LogP contribution in [0.2, 0.25) is 0 Å². The fourth-order valence-corrected chi connectivity index (χ4v) is 10.2. The summed E-state index contributed by atoms with van der Waals surface area (Å²) < 4.78 is 13.9. The maximum atomic E-state index is 6.55. The molecule has 4 aromatic heterocycles. The zero-order chi connectivity index (χ0) is 35.4. The van der Waals surface area contributed by atoms with E-state index in [0.29, 0.717) is 0 Å². The maximum absolute atomic E-state index is 6.55. The van der Waals surface area contributed by atoms with Gasteiger partial charge in [-0.2, -0.15) is 0 Å². The van der Waals surface area contributed by atoms with Crippen molar-refractivity contribution >= 4 is 88.7 Å². The Morgan fingerprint density at radius 3 is 1.78 bits per heavy atom. The van der Waals surface area contributed by atoms with Crippen molar-refractivity contribution in [2.45, 2.75) is 6.92 Å². The molecule has 2 aliphatic rings. The zero-order valence-electron chi connectivity index (χ0n) is 29.8. The van der Waals surface area contributed by atoms with Gasteiger partial charge in [-0.25, -0.2) is 4.57 Å². The first-order chi connectivity index (χ1) is 26.6. The SMILES string of the molecule is Cc1ccc2c(oc3ccccc32)c1-c1ccc(-c2cc3c4c(c2)-n2c5ccccc5c5cccc(c52)B4c2cccc4c5ccccc5n-3c24)c[n+]1C. The van der Waals surface area contributed by atoms with Crippen molar-refractivity contribution in [3.8, 4) is 33.8 Å². The van der Waals surface area contributed by atoms with E-state index in [1.807, 2.05) is 6.07 Å². The molecule has 0 fully saturated rings. The molecule has 0 unspecified atom stereocenters. The topological polar surface area (TPSA) is 26.9 Å². The molecule has 0 atom stereocenters. The van der Waals surface area contributed by atoms with Crippen LogP contribution in [0.1, 0.15) is 5.56 Å². The molecule has 0 amide bonds. The Hall–Kier alpha value is -6.85. The normalized spacial score (nSPS) is 13.0. The molecular formula is C49H31BN3O+. The van der Waals surface area contributed by atoms with Gasteiger partial charge < -0.3 is 13.6 Å². The van der Waals surface area contributed by atoms with Crippen molar-refractivity contribution in [1.82, 2.24) is 9.13 Å². The molecule has 4 nitrogen and oxygen atoms in total. The van der Waals surface area contributed by atoms with Gasteiger partial charge in [0.1, 0.15) is 18.2 Å². The van der Waals surface area contributed by atoms with Crippen molar-refractivity contribution in [2.75, 3.05) is 0 Å². The summed E-state index contributed by atoms with van der Waals surface area (Å²) in [7, 11) is 2.16. The molecule has 0 radical (unpaired) electrons. The minimum Gasteiger partial charge on any atom is -0.455 e. The van der Waals surface area contributed by atoms with Crippen LogP contribution < -0.4 is 21.0 Å². The Bertz CT molecular complexity index is 3350. The molecule has 11 aromatic rings. The van der Waals surface area contributed by atoms with E-state index in [2.05, 4.69) is 173 Å². The van der Waals surface area contributed by atoms with Crippen LogP contribution in [0.3, 0.4) is 0 Å². The second-order valence-electron chi connectivity index (χ2n) is 15.2. The van der Waals surface area contributed by atoms with Gasteiger partial charge in [0.05, 0.1) is 16.6 Å². The zero-order valence-corrected chi connectivity index (χ0v) is 29.8.